The van der Waals surface area contributed by atoms with Crippen LogP contribution < -0.4 is 4.90 Å². The molecule has 0 spiro atoms. The summed E-state index contributed by atoms with van der Waals surface area (Å²) in [5, 5.41) is 9.26. The number of rotatable bonds is 6. The Morgan fingerprint density at radius 2 is 1.96 bits per heavy atom. The minimum Gasteiger partial charge on any atom is -0.478 e. The summed E-state index contributed by atoms with van der Waals surface area (Å²) >= 11 is 0. The number of para-hydroxylation sites is 1. The normalized spacial score (nSPS) is 16.6. The molecule has 1 unspecified atom stereocenters. The van der Waals surface area contributed by atoms with Gasteiger partial charge in [-0.3, -0.25) is 9.59 Å². The second-order valence-corrected chi connectivity index (χ2v) is 6.33. The average Bonchev–Trinajstić information content (AvgIpc) is 3.27. The Morgan fingerprint density at radius 1 is 1.26 bits per heavy atom. The van der Waals surface area contributed by atoms with Gasteiger partial charge in [0.25, 0.3) is 5.91 Å². The summed E-state index contributed by atoms with van der Waals surface area (Å²) in [6.07, 6.45) is 0.881. The van der Waals surface area contributed by atoms with Gasteiger partial charge < -0.3 is 19.3 Å². The Bertz CT molecular complexity index is 859. The van der Waals surface area contributed by atoms with Crippen LogP contribution in [0, 0.1) is 0 Å². The molecule has 2 aromatic rings. The lowest BCUT2D eigenvalue weighted by atomic mass is 10.1. The van der Waals surface area contributed by atoms with E-state index in [4.69, 9.17) is 4.42 Å². The van der Waals surface area contributed by atoms with E-state index in [0.717, 1.165) is 5.69 Å². The maximum atomic E-state index is 12.9. The number of nitrogens with zero attached hydrogens (tertiary/aromatic N) is 2. The van der Waals surface area contributed by atoms with Crippen LogP contribution in [0.1, 0.15) is 46.9 Å². The Balaban J connectivity index is 1.84. The molecule has 1 aliphatic heterocycles. The number of furan rings is 1. The highest BCUT2D eigenvalue weighted by Crippen LogP contribution is 2.26. The third-order valence-electron chi connectivity index (χ3n) is 4.79. The van der Waals surface area contributed by atoms with Gasteiger partial charge in [0.05, 0.1) is 0 Å². The van der Waals surface area contributed by atoms with E-state index in [1.54, 1.807) is 18.7 Å². The molecule has 0 aliphatic carbocycles. The first kappa shape index (κ1) is 18.7. The Morgan fingerprint density at radius 3 is 2.52 bits per heavy atom. The highest BCUT2D eigenvalue weighted by Gasteiger charge is 2.39. The number of carboxylic acids is 1. The number of hydrogen-bond acceptors (Lipinski definition) is 4. The molecule has 1 atom stereocenters. The first-order valence-corrected chi connectivity index (χ1v) is 9.01. The molecule has 7 nitrogen and oxygen atoms in total. The summed E-state index contributed by atoms with van der Waals surface area (Å²) in [5.74, 6) is -1.53. The molecule has 0 radical (unpaired) electrons. The third kappa shape index (κ3) is 3.45. The summed E-state index contributed by atoms with van der Waals surface area (Å²) < 4.78 is 5.48. The monoisotopic (exact) mass is 370 g/mol. The first-order chi connectivity index (χ1) is 13.0. The summed E-state index contributed by atoms with van der Waals surface area (Å²) in [5.41, 5.74) is 0.786. The van der Waals surface area contributed by atoms with Crippen molar-refractivity contribution in [1.82, 2.24) is 4.90 Å². The molecule has 1 fully saturated rings. The molecule has 0 saturated carbocycles. The van der Waals surface area contributed by atoms with Crippen molar-refractivity contribution in [3.05, 3.63) is 53.5 Å². The minimum atomic E-state index is -1.13. The molecule has 2 amide bonds. The largest absolute Gasteiger partial charge is 0.478 e. The van der Waals surface area contributed by atoms with E-state index < -0.39 is 17.9 Å². The van der Waals surface area contributed by atoms with Crippen molar-refractivity contribution >= 4 is 23.5 Å². The zero-order chi connectivity index (χ0) is 19.6. The first-order valence-electron chi connectivity index (χ1n) is 9.01. The second-order valence-electron chi connectivity index (χ2n) is 6.33. The van der Waals surface area contributed by atoms with E-state index in [0.29, 0.717) is 25.9 Å². The van der Waals surface area contributed by atoms with E-state index in [9.17, 15) is 19.5 Å². The van der Waals surface area contributed by atoms with Crippen molar-refractivity contribution in [3.8, 4) is 0 Å². The number of carbonyl (C=O) groups excluding carboxylic acids is 2. The van der Waals surface area contributed by atoms with Gasteiger partial charge >= 0.3 is 5.97 Å². The summed E-state index contributed by atoms with van der Waals surface area (Å²) in [4.78, 5) is 40.3. The number of carbonyl (C=O) groups is 3. The summed E-state index contributed by atoms with van der Waals surface area (Å²) in [7, 11) is 0. The summed E-state index contributed by atoms with van der Waals surface area (Å²) in [6, 6.07) is 9.98. The van der Waals surface area contributed by atoms with Crippen LogP contribution in [0.25, 0.3) is 0 Å². The molecule has 0 bridgehead atoms. The number of aryl methyl sites for hydroxylation is 1. The standard InChI is InChI=1S/C20H22N2O5/c1-3-16-14(20(25)26)12-17(27-16)19(24)21(4-2)15-10-11-22(18(15)23)13-8-6-5-7-9-13/h5-9,12,15H,3-4,10-11H2,1-2H3,(H,25,26). The molecule has 2 heterocycles. The summed E-state index contributed by atoms with van der Waals surface area (Å²) in [6.45, 7) is 4.39. The zero-order valence-corrected chi connectivity index (χ0v) is 15.3. The number of carboxylic acid groups (broad SMARTS) is 1. The maximum Gasteiger partial charge on any atom is 0.339 e. The van der Waals surface area contributed by atoms with Crippen LogP contribution in [-0.2, 0) is 11.2 Å². The van der Waals surface area contributed by atoms with E-state index in [2.05, 4.69) is 0 Å². The van der Waals surface area contributed by atoms with Gasteiger partial charge in [-0.15, -0.1) is 0 Å². The highest BCUT2D eigenvalue weighted by molar-refractivity contribution is 6.04. The molecule has 3 rings (SSSR count). The van der Waals surface area contributed by atoms with Crippen molar-refractivity contribution in [1.29, 1.82) is 0 Å². The highest BCUT2D eigenvalue weighted by atomic mass is 16.4. The molecule has 142 valence electrons. The van der Waals surface area contributed by atoms with Crippen LogP contribution in [0.4, 0.5) is 5.69 Å². The fourth-order valence-electron chi connectivity index (χ4n) is 3.44. The second kappa shape index (κ2) is 7.65. The smallest absolute Gasteiger partial charge is 0.339 e. The Kier molecular flexibility index (Phi) is 5.30. The van der Waals surface area contributed by atoms with Gasteiger partial charge in [0.2, 0.25) is 5.91 Å². The molecule has 1 N–H and O–H groups in total. The number of amides is 2. The number of likely N-dealkylation sites (N-methyl/N-ethyl adjacent to an activating group) is 1. The molecule has 7 heteroatoms. The minimum absolute atomic E-state index is 0.0134. The quantitative estimate of drug-likeness (QED) is 0.844. The van der Waals surface area contributed by atoms with Crippen molar-refractivity contribution < 1.29 is 23.9 Å². The molecule has 1 aromatic heterocycles. The molecule has 1 aromatic carbocycles. The van der Waals surface area contributed by atoms with Gasteiger partial charge in [-0.1, -0.05) is 25.1 Å². The molecule has 1 aliphatic rings. The van der Waals surface area contributed by atoms with Crippen molar-refractivity contribution in [2.24, 2.45) is 0 Å². The van der Waals surface area contributed by atoms with Gasteiger partial charge in [0.15, 0.2) is 5.76 Å². The SMILES string of the molecule is CCc1oc(C(=O)N(CC)C2CCN(c3ccccc3)C2=O)cc1C(=O)O. The lowest BCUT2D eigenvalue weighted by Gasteiger charge is -2.26. The predicted molar refractivity (Wildman–Crippen MR) is 99.0 cm³/mol. The number of anilines is 1. The van der Waals surface area contributed by atoms with Gasteiger partial charge in [-0.05, 0) is 25.5 Å². The zero-order valence-electron chi connectivity index (χ0n) is 15.3. The van der Waals surface area contributed by atoms with Crippen LogP contribution in [0.5, 0.6) is 0 Å². The fourth-order valence-corrected chi connectivity index (χ4v) is 3.44. The number of benzene rings is 1. The van der Waals surface area contributed by atoms with Gasteiger partial charge in [0, 0.05) is 31.3 Å². The topological polar surface area (TPSA) is 91.1 Å². The number of hydrogen-bond donors (Lipinski definition) is 1. The lowest BCUT2D eigenvalue weighted by molar-refractivity contribution is -0.121. The molecule has 27 heavy (non-hydrogen) atoms. The van der Waals surface area contributed by atoms with Crippen molar-refractivity contribution in [3.63, 3.8) is 0 Å². The predicted octanol–water partition coefficient (Wildman–Crippen LogP) is 2.81. The fraction of sp³-hybridized carbons (Fsp3) is 0.350. The molecule has 1 saturated heterocycles. The van der Waals surface area contributed by atoms with Gasteiger partial charge in [-0.2, -0.15) is 0 Å². The maximum absolute atomic E-state index is 12.9. The lowest BCUT2D eigenvalue weighted by Crippen LogP contribution is -2.45. The average molecular weight is 370 g/mol. The van der Waals surface area contributed by atoms with E-state index in [1.807, 2.05) is 30.3 Å². The Labute approximate surface area is 157 Å². The van der Waals surface area contributed by atoms with Crippen molar-refractivity contribution in [2.75, 3.05) is 18.0 Å². The third-order valence-corrected chi connectivity index (χ3v) is 4.79. The number of aromatic carboxylic acids is 1. The van der Waals surface area contributed by atoms with Gasteiger partial charge in [0.1, 0.15) is 17.4 Å². The van der Waals surface area contributed by atoms with Crippen LogP contribution in [0.3, 0.4) is 0 Å². The Hall–Kier alpha value is -3.09. The molecular formula is C20H22N2O5. The van der Waals surface area contributed by atoms with E-state index in [-0.39, 0.29) is 23.0 Å². The molecular weight excluding hydrogens is 348 g/mol. The van der Waals surface area contributed by atoms with Crippen LogP contribution in [0.15, 0.2) is 40.8 Å². The van der Waals surface area contributed by atoms with Gasteiger partial charge in [-0.25, -0.2) is 4.79 Å². The van der Waals surface area contributed by atoms with Crippen LogP contribution in [-0.4, -0.2) is 46.9 Å². The van der Waals surface area contributed by atoms with Crippen molar-refractivity contribution in [2.45, 2.75) is 32.7 Å². The van der Waals surface area contributed by atoms with Crippen LogP contribution in [0.2, 0.25) is 0 Å². The van der Waals surface area contributed by atoms with E-state index in [1.165, 1.54) is 11.0 Å². The van der Waals surface area contributed by atoms with Crippen LogP contribution >= 0.6 is 0 Å². The van der Waals surface area contributed by atoms with E-state index >= 15 is 0 Å².